The number of nitrogens with one attached hydrogen (secondary N) is 1. The first-order valence-corrected chi connectivity index (χ1v) is 6.40. The number of hydrogen-bond acceptors (Lipinski definition) is 5. The Morgan fingerprint density at radius 1 is 1.09 bits per heavy atom. The number of nitrogens with zero attached hydrogens (tertiary/aromatic N) is 1. The minimum atomic E-state index is -4.52. The second-order valence-electron chi connectivity index (χ2n) is 5.02. The molecule has 0 radical (unpaired) electrons. The second-order valence-corrected chi connectivity index (χ2v) is 5.02. The zero-order chi connectivity index (χ0) is 16.7. The molecule has 4 atom stereocenters. The van der Waals surface area contributed by atoms with Crippen LogP contribution in [0.2, 0.25) is 0 Å². The van der Waals surface area contributed by atoms with Gasteiger partial charge in [-0.15, -0.1) is 0 Å². The van der Waals surface area contributed by atoms with Gasteiger partial charge in [0, 0.05) is 0 Å². The molecule has 0 spiro atoms. The Balaban J connectivity index is 2.33. The molecular formula is C13H15F3N2O4. The Hall–Kier alpha value is -1.68. The number of hydrogen-bond donors (Lipinski definition) is 5. The lowest BCUT2D eigenvalue weighted by atomic mass is 10.0. The van der Waals surface area contributed by atoms with Gasteiger partial charge in [0.05, 0.1) is 22.7 Å². The number of halogens is 3. The number of aromatic nitrogens is 2. The van der Waals surface area contributed by atoms with Gasteiger partial charge in [-0.25, -0.2) is 4.98 Å². The molecule has 22 heavy (non-hydrogen) atoms. The lowest BCUT2D eigenvalue weighted by molar-refractivity contribution is -0.137. The molecule has 5 N–H and O–H groups in total. The third-order valence-electron chi connectivity index (χ3n) is 3.28. The molecule has 2 rings (SSSR count). The van der Waals surface area contributed by atoms with Gasteiger partial charge < -0.3 is 25.4 Å². The molecule has 1 aromatic carbocycles. The van der Waals surface area contributed by atoms with Crippen molar-refractivity contribution >= 4 is 11.0 Å². The first kappa shape index (κ1) is 16.7. The van der Waals surface area contributed by atoms with Crippen LogP contribution in [0.5, 0.6) is 0 Å². The third-order valence-corrected chi connectivity index (χ3v) is 3.28. The van der Waals surface area contributed by atoms with Crippen LogP contribution in [0.1, 0.15) is 24.4 Å². The lowest BCUT2D eigenvalue weighted by Gasteiger charge is -2.23. The molecule has 2 aromatic rings. The van der Waals surface area contributed by atoms with Crippen molar-refractivity contribution in [3.8, 4) is 0 Å². The average molecular weight is 320 g/mol. The topological polar surface area (TPSA) is 110 Å². The van der Waals surface area contributed by atoms with Crippen LogP contribution in [0, 0.1) is 0 Å². The largest absolute Gasteiger partial charge is 0.416 e. The highest BCUT2D eigenvalue weighted by atomic mass is 19.4. The van der Waals surface area contributed by atoms with E-state index in [9.17, 15) is 33.6 Å². The number of aliphatic hydroxyl groups excluding tert-OH is 4. The van der Waals surface area contributed by atoms with E-state index in [0.29, 0.717) is 0 Å². The summed E-state index contributed by atoms with van der Waals surface area (Å²) in [6.45, 7) is 1.22. The van der Waals surface area contributed by atoms with Gasteiger partial charge in [0.1, 0.15) is 24.1 Å². The van der Waals surface area contributed by atoms with Crippen molar-refractivity contribution in [3.63, 3.8) is 0 Å². The van der Waals surface area contributed by atoms with E-state index in [1.807, 2.05) is 0 Å². The van der Waals surface area contributed by atoms with E-state index < -0.39 is 36.2 Å². The molecule has 0 saturated carbocycles. The predicted octanol–water partition coefficient (Wildman–Crippen LogP) is 0.718. The highest BCUT2D eigenvalue weighted by molar-refractivity contribution is 5.76. The summed E-state index contributed by atoms with van der Waals surface area (Å²) in [5, 5.41) is 38.3. The zero-order valence-electron chi connectivity index (χ0n) is 11.4. The van der Waals surface area contributed by atoms with Gasteiger partial charge in [0.2, 0.25) is 0 Å². The van der Waals surface area contributed by atoms with Crippen molar-refractivity contribution in [3.05, 3.63) is 29.6 Å². The standard InChI is InChI=1S/C13H15F3N2O4/c1-5(19)9(20)10(21)11(22)12-17-7-3-2-6(13(14,15)16)4-8(7)18-12/h2-5,9-11,19-22H,1H3,(H,17,18)/t5?,9-,10?,11?/m0/s1. The van der Waals surface area contributed by atoms with Gasteiger partial charge in [-0.05, 0) is 25.1 Å². The van der Waals surface area contributed by atoms with Gasteiger partial charge in [-0.2, -0.15) is 13.2 Å². The van der Waals surface area contributed by atoms with Gasteiger partial charge in [-0.1, -0.05) is 0 Å². The smallest absolute Gasteiger partial charge is 0.391 e. The van der Waals surface area contributed by atoms with Crippen LogP contribution in [0.15, 0.2) is 18.2 Å². The summed E-state index contributed by atoms with van der Waals surface area (Å²) in [6.07, 6.45) is -10.9. The van der Waals surface area contributed by atoms with Crippen LogP contribution in [0.25, 0.3) is 11.0 Å². The molecule has 0 aliphatic carbocycles. The van der Waals surface area contributed by atoms with Crippen LogP contribution in [-0.4, -0.2) is 48.7 Å². The maximum atomic E-state index is 12.6. The Morgan fingerprint density at radius 2 is 1.73 bits per heavy atom. The van der Waals surface area contributed by atoms with Crippen LogP contribution < -0.4 is 0 Å². The quantitative estimate of drug-likeness (QED) is 0.570. The number of aromatic amines is 1. The first-order valence-electron chi connectivity index (χ1n) is 6.40. The van der Waals surface area contributed by atoms with Crippen molar-refractivity contribution in [2.45, 2.75) is 37.5 Å². The van der Waals surface area contributed by atoms with E-state index in [4.69, 9.17) is 0 Å². The number of imidazole rings is 1. The highest BCUT2D eigenvalue weighted by Gasteiger charge is 2.33. The first-order chi connectivity index (χ1) is 10.1. The van der Waals surface area contributed by atoms with Crippen molar-refractivity contribution in [1.82, 2.24) is 9.97 Å². The predicted molar refractivity (Wildman–Crippen MR) is 69.7 cm³/mol. The van der Waals surface area contributed by atoms with E-state index in [1.54, 1.807) is 0 Å². The SMILES string of the molecule is CC(O)[C@H](O)C(O)C(O)c1nc2cc(C(F)(F)F)ccc2[nH]1. The molecule has 6 nitrogen and oxygen atoms in total. The van der Waals surface area contributed by atoms with Crippen molar-refractivity contribution in [2.75, 3.05) is 0 Å². The fourth-order valence-electron chi connectivity index (χ4n) is 1.98. The van der Waals surface area contributed by atoms with Crippen molar-refractivity contribution in [1.29, 1.82) is 0 Å². The molecule has 3 unspecified atom stereocenters. The molecule has 0 fully saturated rings. The Morgan fingerprint density at radius 3 is 2.27 bits per heavy atom. The maximum absolute atomic E-state index is 12.6. The van der Waals surface area contributed by atoms with Crippen LogP contribution in [0.4, 0.5) is 13.2 Å². The van der Waals surface area contributed by atoms with E-state index in [2.05, 4.69) is 9.97 Å². The molecule has 1 heterocycles. The number of fused-ring (bicyclic) bond motifs is 1. The third kappa shape index (κ3) is 3.22. The number of rotatable bonds is 4. The van der Waals surface area contributed by atoms with E-state index in [0.717, 1.165) is 18.2 Å². The fourth-order valence-corrected chi connectivity index (χ4v) is 1.98. The monoisotopic (exact) mass is 320 g/mol. The number of benzene rings is 1. The minimum absolute atomic E-state index is 0.0392. The van der Waals surface area contributed by atoms with Gasteiger partial charge >= 0.3 is 6.18 Å². The second kappa shape index (κ2) is 5.84. The summed E-state index contributed by atoms with van der Waals surface area (Å²) in [5.41, 5.74) is -0.694. The molecule has 1 aromatic heterocycles. The fraction of sp³-hybridized carbons (Fsp3) is 0.462. The normalized spacial score (nSPS) is 18.2. The molecule has 0 bridgehead atoms. The molecule has 0 aliphatic rings. The van der Waals surface area contributed by atoms with E-state index >= 15 is 0 Å². The number of H-pyrrole nitrogens is 1. The van der Waals surface area contributed by atoms with Crippen LogP contribution >= 0.6 is 0 Å². The number of alkyl halides is 3. The van der Waals surface area contributed by atoms with Crippen molar-refractivity contribution < 1.29 is 33.6 Å². The Labute approximate surface area is 122 Å². The summed E-state index contributed by atoms with van der Waals surface area (Å²) >= 11 is 0. The molecule has 0 aliphatic heterocycles. The summed E-state index contributed by atoms with van der Waals surface area (Å²) < 4.78 is 37.8. The Bertz CT molecular complexity index is 656. The van der Waals surface area contributed by atoms with Gasteiger partial charge in [-0.3, -0.25) is 0 Å². The maximum Gasteiger partial charge on any atom is 0.416 e. The van der Waals surface area contributed by atoms with Crippen LogP contribution in [0.3, 0.4) is 0 Å². The molecule has 122 valence electrons. The zero-order valence-corrected chi connectivity index (χ0v) is 11.4. The van der Waals surface area contributed by atoms with Gasteiger partial charge in [0.15, 0.2) is 0 Å². The Kier molecular flexibility index (Phi) is 4.43. The van der Waals surface area contributed by atoms with Gasteiger partial charge in [0.25, 0.3) is 0 Å². The minimum Gasteiger partial charge on any atom is -0.391 e. The molecular weight excluding hydrogens is 305 g/mol. The molecule has 0 amide bonds. The van der Waals surface area contributed by atoms with Crippen LogP contribution in [-0.2, 0) is 6.18 Å². The van der Waals surface area contributed by atoms with E-state index in [-0.39, 0.29) is 16.9 Å². The average Bonchev–Trinajstić information content (AvgIpc) is 2.86. The number of aliphatic hydroxyl groups is 4. The molecule has 9 heteroatoms. The highest BCUT2D eigenvalue weighted by Crippen LogP contribution is 2.31. The summed E-state index contributed by atoms with van der Waals surface area (Å²) in [5.74, 6) is -0.207. The summed E-state index contributed by atoms with van der Waals surface area (Å²) in [6, 6.07) is 2.82. The lowest BCUT2D eigenvalue weighted by Crippen LogP contribution is -2.39. The summed E-state index contributed by atoms with van der Waals surface area (Å²) in [7, 11) is 0. The summed E-state index contributed by atoms with van der Waals surface area (Å²) in [4.78, 5) is 6.36. The van der Waals surface area contributed by atoms with Crippen molar-refractivity contribution in [2.24, 2.45) is 0 Å². The molecule has 0 saturated heterocycles. The van der Waals surface area contributed by atoms with E-state index in [1.165, 1.54) is 6.92 Å².